The lowest BCUT2D eigenvalue weighted by Crippen LogP contribution is -2.60. The van der Waals surface area contributed by atoms with E-state index in [2.05, 4.69) is 28.1 Å². The second-order valence-corrected chi connectivity index (χ2v) is 8.08. The van der Waals surface area contributed by atoms with Crippen LogP contribution in [0.4, 0.5) is 0 Å². The van der Waals surface area contributed by atoms with Crippen molar-refractivity contribution in [2.45, 2.75) is 37.3 Å². The van der Waals surface area contributed by atoms with Crippen LogP contribution in [-0.4, -0.2) is 24.0 Å². The zero-order valence-corrected chi connectivity index (χ0v) is 14.5. The van der Waals surface area contributed by atoms with Crippen molar-refractivity contribution in [3.8, 4) is 0 Å². The molecule has 4 aliphatic rings. The molecule has 2 atom stereocenters. The first-order valence-electron chi connectivity index (χ1n) is 8.29. The molecule has 3 saturated carbocycles. The zero-order chi connectivity index (χ0) is 14.7. The van der Waals surface area contributed by atoms with Gasteiger partial charge in [-0.25, -0.2) is 0 Å². The normalized spacial score (nSPS) is 34.3. The molecule has 3 nitrogen and oxygen atoms in total. The number of rotatable bonds is 2. The van der Waals surface area contributed by atoms with Gasteiger partial charge in [0.1, 0.15) is 0 Å². The smallest absolute Gasteiger partial charge is 0.251 e. The fraction of sp³-hybridized carbons (Fsp3) is 0.500. The van der Waals surface area contributed by atoms with Crippen LogP contribution in [-0.2, 0) is 0 Å². The Morgan fingerprint density at radius 2 is 2.00 bits per heavy atom. The summed E-state index contributed by atoms with van der Waals surface area (Å²) in [6.45, 7) is 1.09. The Morgan fingerprint density at radius 1 is 1.22 bits per heavy atom. The highest BCUT2D eigenvalue weighted by molar-refractivity contribution is 7.17. The van der Waals surface area contributed by atoms with Gasteiger partial charge in [0.15, 0.2) is 0 Å². The minimum atomic E-state index is 0. The summed E-state index contributed by atoms with van der Waals surface area (Å²) in [4.78, 5) is 12.7. The van der Waals surface area contributed by atoms with Gasteiger partial charge < -0.3 is 10.6 Å². The summed E-state index contributed by atoms with van der Waals surface area (Å²) in [6.07, 6.45) is 5.24. The maximum atomic E-state index is 12.7. The molecular weight excluding hydrogens is 328 g/mol. The number of thiophene rings is 1. The summed E-state index contributed by atoms with van der Waals surface area (Å²) < 4.78 is 1.24. The molecule has 5 heteroatoms. The second kappa shape index (κ2) is 5.47. The molecule has 1 amide bonds. The molecule has 4 fully saturated rings. The van der Waals surface area contributed by atoms with Crippen molar-refractivity contribution in [1.29, 1.82) is 0 Å². The summed E-state index contributed by atoms with van der Waals surface area (Å²) in [6, 6.07) is 8.46. The molecule has 1 aliphatic heterocycles. The molecule has 6 rings (SSSR count). The Hall–Kier alpha value is -1.10. The standard InChI is InChI=1S/C18H20N2OS.ClH/c21-17(13-3-6-15-12(9-13)7-8-22-15)20-16-11-1-4-14(5-2-11)18(16)10-19-18;/h3,6-9,11,14,16,19H,1-2,4-5,10H2,(H,20,21);1H/t11?,14?,16-,18+;/m1./s1. The number of benzene rings is 1. The number of hydrogen-bond acceptors (Lipinski definition) is 3. The maximum absolute atomic E-state index is 12.7. The van der Waals surface area contributed by atoms with Gasteiger partial charge in [-0.3, -0.25) is 4.79 Å². The molecule has 122 valence electrons. The van der Waals surface area contributed by atoms with Gasteiger partial charge in [0.2, 0.25) is 0 Å². The largest absolute Gasteiger partial charge is 0.347 e. The zero-order valence-electron chi connectivity index (χ0n) is 12.9. The number of amides is 1. The van der Waals surface area contributed by atoms with E-state index in [1.54, 1.807) is 11.3 Å². The van der Waals surface area contributed by atoms with E-state index in [0.717, 1.165) is 18.0 Å². The lowest BCUT2D eigenvalue weighted by molar-refractivity contribution is 0.0634. The van der Waals surface area contributed by atoms with Gasteiger partial charge >= 0.3 is 0 Å². The third kappa shape index (κ3) is 2.31. The van der Waals surface area contributed by atoms with Crippen LogP contribution >= 0.6 is 23.7 Å². The molecule has 2 heterocycles. The van der Waals surface area contributed by atoms with Gasteiger partial charge in [-0.1, -0.05) is 0 Å². The fourth-order valence-corrected chi connectivity index (χ4v) is 5.60. The van der Waals surface area contributed by atoms with Gasteiger partial charge in [-0.05, 0) is 72.6 Å². The molecule has 1 aromatic carbocycles. The van der Waals surface area contributed by atoms with Crippen LogP contribution < -0.4 is 10.6 Å². The molecule has 2 aromatic rings. The van der Waals surface area contributed by atoms with Crippen molar-refractivity contribution in [3.63, 3.8) is 0 Å². The van der Waals surface area contributed by atoms with Crippen molar-refractivity contribution in [1.82, 2.24) is 10.6 Å². The van der Waals surface area contributed by atoms with Crippen LogP contribution in [0.15, 0.2) is 29.6 Å². The Labute approximate surface area is 146 Å². The Bertz CT molecular complexity index is 746. The summed E-state index contributed by atoms with van der Waals surface area (Å²) in [5.74, 6) is 1.52. The quantitative estimate of drug-likeness (QED) is 0.815. The molecule has 2 N–H and O–H groups in total. The van der Waals surface area contributed by atoms with E-state index in [1.165, 1.54) is 35.8 Å². The van der Waals surface area contributed by atoms with Gasteiger partial charge in [-0.2, -0.15) is 0 Å². The summed E-state index contributed by atoms with van der Waals surface area (Å²) in [5.41, 5.74) is 1.02. The van der Waals surface area contributed by atoms with E-state index < -0.39 is 0 Å². The van der Waals surface area contributed by atoms with Gasteiger partial charge in [0.25, 0.3) is 5.91 Å². The topological polar surface area (TPSA) is 51.0 Å². The van der Waals surface area contributed by atoms with E-state index in [-0.39, 0.29) is 23.9 Å². The van der Waals surface area contributed by atoms with Crippen LogP contribution in [0.1, 0.15) is 36.0 Å². The molecular formula is C18H21ClN2OS. The monoisotopic (exact) mass is 348 g/mol. The average molecular weight is 349 g/mol. The number of carbonyl (C=O) groups excluding carboxylic acids is 1. The first-order chi connectivity index (χ1) is 10.8. The highest BCUT2D eigenvalue weighted by Gasteiger charge is 2.61. The van der Waals surface area contributed by atoms with Crippen molar-refractivity contribution >= 4 is 39.7 Å². The van der Waals surface area contributed by atoms with Crippen molar-refractivity contribution in [2.24, 2.45) is 11.8 Å². The Balaban J connectivity index is 0.00000135. The van der Waals surface area contributed by atoms with Crippen molar-refractivity contribution < 1.29 is 4.79 Å². The number of fused-ring (bicyclic) bond motifs is 3. The second-order valence-electron chi connectivity index (χ2n) is 7.13. The predicted octanol–water partition coefficient (Wildman–Crippen LogP) is 3.58. The minimum Gasteiger partial charge on any atom is -0.347 e. The highest BCUT2D eigenvalue weighted by Crippen LogP contribution is 2.51. The first-order valence-corrected chi connectivity index (χ1v) is 9.17. The Morgan fingerprint density at radius 3 is 2.74 bits per heavy atom. The van der Waals surface area contributed by atoms with E-state index in [1.807, 2.05) is 12.1 Å². The van der Waals surface area contributed by atoms with E-state index in [0.29, 0.717) is 12.0 Å². The summed E-state index contributed by atoms with van der Waals surface area (Å²) in [7, 11) is 0. The molecule has 0 radical (unpaired) electrons. The summed E-state index contributed by atoms with van der Waals surface area (Å²) >= 11 is 1.72. The van der Waals surface area contributed by atoms with E-state index in [9.17, 15) is 4.79 Å². The molecule has 23 heavy (non-hydrogen) atoms. The van der Waals surface area contributed by atoms with Crippen LogP contribution in [0.25, 0.3) is 10.1 Å². The minimum absolute atomic E-state index is 0. The van der Waals surface area contributed by atoms with Crippen molar-refractivity contribution in [2.75, 3.05) is 6.54 Å². The molecule has 1 spiro atoms. The van der Waals surface area contributed by atoms with Crippen LogP contribution in [0.3, 0.4) is 0 Å². The van der Waals surface area contributed by atoms with Crippen molar-refractivity contribution in [3.05, 3.63) is 35.2 Å². The van der Waals surface area contributed by atoms with Crippen LogP contribution in [0.5, 0.6) is 0 Å². The number of carbonyl (C=O) groups is 1. The number of halogens is 1. The van der Waals surface area contributed by atoms with Crippen LogP contribution in [0, 0.1) is 11.8 Å². The number of nitrogens with one attached hydrogen (secondary N) is 2. The molecule has 3 aliphatic carbocycles. The molecule has 2 bridgehead atoms. The third-order valence-electron chi connectivity index (χ3n) is 6.11. The number of hydrogen-bond donors (Lipinski definition) is 2. The SMILES string of the molecule is Cl.O=C(N[C@@H]1C2CCC(CC2)[C@@]12CN2)c1ccc2sccc2c1. The van der Waals surface area contributed by atoms with E-state index in [4.69, 9.17) is 0 Å². The van der Waals surface area contributed by atoms with Gasteiger partial charge in [-0.15, -0.1) is 23.7 Å². The Kier molecular flexibility index (Phi) is 3.67. The lowest BCUT2D eigenvalue weighted by atomic mass is 9.61. The summed E-state index contributed by atoms with van der Waals surface area (Å²) in [5, 5.41) is 10.2. The third-order valence-corrected chi connectivity index (χ3v) is 7.01. The molecule has 0 unspecified atom stereocenters. The first kappa shape index (κ1) is 15.4. The van der Waals surface area contributed by atoms with Crippen LogP contribution in [0.2, 0.25) is 0 Å². The maximum Gasteiger partial charge on any atom is 0.251 e. The van der Waals surface area contributed by atoms with Gasteiger partial charge in [0, 0.05) is 16.8 Å². The average Bonchev–Trinajstić information content (AvgIpc) is 3.18. The lowest BCUT2D eigenvalue weighted by Gasteiger charge is -2.48. The van der Waals surface area contributed by atoms with Gasteiger partial charge in [0.05, 0.1) is 11.6 Å². The predicted molar refractivity (Wildman–Crippen MR) is 96.5 cm³/mol. The fourth-order valence-electron chi connectivity index (χ4n) is 4.83. The molecule has 1 saturated heterocycles. The highest BCUT2D eigenvalue weighted by atomic mass is 35.5. The molecule has 1 aromatic heterocycles. The van der Waals surface area contributed by atoms with E-state index >= 15 is 0 Å².